The second-order valence-corrected chi connectivity index (χ2v) is 7.95. The Kier molecular flexibility index (Phi) is 3.84. The number of aryl methyl sites for hydroxylation is 1. The van der Waals surface area contributed by atoms with Crippen molar-refractivity contribution in [2.75, 3.05) is 5.32 Å². The van der Waals surface area contributed by atoms with Gasteiger partial charge in [-0.3, -0.25) is 0 Å². The molecular formula is C20H21F2N7. The molecule has 0 aromatic carbocycles. The summed E-state index contributed by atoms with van der Waals surface area (Å²) in [4.78, 5) is 13.3. The number of anilines is 1. The van der Waals surface area contributed by atoms with Gasteiger partial charge in [0.05, 0.1) is 17.2 Å². The molecule has 1 saturated carbocycles. The molecule has 150 valence electrons. The predicted molar refractivity (Wildman–Crippen MR) is 106 cm³/mol. The number of hydrogen-bond donors (Lipinski definition) is 1. The van der Waals surface area contributed by atoms with Gasteiger partial charge in [-0.2, -0.15) is 0 Å². The summed E-state index contributed by atoms with van der Waals surface area (Å²) in [5.41, 5.74) is 4.00. The van der Waals surface area contributed by atoms with Crippen LogP contribution in [0, 0.1) is 6.92 Å². The van der Waals surface area contributed by atoms with Gasteiger partial charge in [-0.15, -0.1) is 5.10 Å². The molecule has 29 heavy (non-hydrogen) atoms. The van der Waals surface area contributed by atoms with Crippen molar-refractivity contribution in [3.05, 3.63) is 36.5 Å². The summed E-state index contributed by atoms with van der Waals surface area (Å²) >= 11 is 0. The van der Waals surface area contributed by atoms with Crippen molar-refractivity contribution in [2.24, 2.45) is 0 Å². The molecule has 5 rings (SSSR count). The van der Waals surface area contributed by atoms with Crippen molar-refractivity contribution in [2.45, 2.75) is 51.6 Å². The molecule has 4 heterocycles. The Morgan fingerprint density at radius 2 is 1.97 bits per heavy atom. The summed E-state index contributed by atoms with van der Waals surface area (Å²) in [5.74, 6) is -1.32. The summed E-state index contributed by atoms with van der Waals surface area (Å²) in [7, 11) is 0. The Morgan fingerprint density at radius 1 is 1.17 bits per heavy atom. The zero-order valence-corrected chi connectivity index (χ0v) is 16.4. The van der Waals surface area contributed by atoms with Gasteiger partial charge < -0.3 is 9.88 Å². The van der Waals surface area contributed by atoms with Crippen LogP contribution in [0.1, 0.15) is 38.6 Å². The number of rotatable bonds is 4. The lowest BCUT2D eigenvalue weighted by molar-refractivity contribution is -0.103. The van der Waals surface area contributed by atoms with Gasteiger partial charge in [0, 0.05) is 48.4 Å². The van der Waals surface area contributed by atoms with Crippen molar-refractivity contribution in [1.29, 1.82) is 0 Å². The van der Waals surface area contributed by atoms with Crippen molar-refractivity contribution < 1.29 is 8.78 Å². The molecule has 0 atom stereocenters. The number of pyridine rings is 1. The number of alkyl halides is 2. The highest BCUT2D eigenvalue weighted by molar-refractivity contribution is 5.85. The first-order valence-electron chi connectivity index (χ1n) is 9.64. The van der Waals surface area contributed by atoms with Gasteiger partial charge in [-0.1, -0.05) is 0 Å². The van der Waals surface area contributed by atoms with Gasteiger partial charge in [-0.05, 0) is 32.9 Å². The van der Waals surface area contributed by atoms with E-state index in [2.05, 4.69) is 25.4 Å². The second-order valence-electron chi connectivity index (χ2n) is 7.95. The molecule has 7 nitrogen and oxygen atoms in total. The Hall–Kier alpha value is -3.10. The quantitative estimate of drug-likeness (QED) is 0.558. The summed E-state index contributed by atoms with van der Waals surface area (Å²) in [5, 5.41) is 7.67. The number of imidazole rings is 1. The lowest BCUT2D eigenvalue weighted by atomic mass is 9.87. The standard InChI is InChI=1S/C20H21F2N7/c1-11(2)25-19-24-10-17-15(4-5-28(17)27-19)13-6-16-18(23-9-13)26-12(3)29(16)14-7-20(21,22)8-14/h4-6,9-11,14H,7-8H2,1-3H3,(H,25,27). The van der Waals surface area contributed by atoms with Crippen LogP contribution in [0.4, 0.5) is 14.7 Å². The van der Waals surface area contributed by atoms with Crippen LogP contribution in [0.5, 0.6) is 0 Å². The SMILES string of the molecule is Cc1nc2ncc(-c3ccn4nc(NC(C)C)ncc34)cc2n1C1CC(F)(F)C1. The van der Waals surface area contributed by atoms with Crippen LogP contribution in [0.2, 0.25) is 0 Å². The maximum atomic E-state index is 13.4. The molecule has 0 saturated heterocycles. The van der Waals surface area contributed by atoms with Gasteiger partial charge in [0.15, 0.2) is 5.65 Å². The number of nitrogens with zero attached hydrogens (tertiary/aromatic N) is 6. The van der Waals surface area contributed by atoms with Gasteiger partial charge in [-0.25, -0.2) is 28.2 Å². The third kappa shape index (κ3) is 3.01. The molecule has 4 aromatic heterocycles. The van der Waals surface area contributed by atoms with E-state index in [1.165, 1.54) is 0 Å². The van der Waals surface area contributed by atoms with Crippen molar-refractivity contribution in [3.8, 4) is 11.1 Å². The summed E-state index contributed by atoms with van der Waals surface area (Å²) in [6, 6.07) is 3.91. The number of aromatic nitrogens is 6. The lowest BCUT2D eigenvalue weighted by Crippen LogP contribution is -2.37. The molecule has 0 aliphatic heterocycles. The lowest BCUT2D eigenvalue weighted by Gasteiger charge is -2.36. The van der Waals surface area contributed by atoms with E-state index in [9.17, 15) is 8.78 Å². The maximum absolute atomic E-state index is 13.4. The molecule has 0 amide bonds. The van der Waals surface area contributed by atoms with Gasteiger partial charge >= 0.3 is 0 Å². The number of nitrogens with one attached hydrogen (secondary N) is 1. The van der Waals surface area contributed by atoms with Crippen molar-refractivity contribution in [3.63, 3.8) is 0 Å². The highest BCUT2D eigenvalue weighted by atomic mass is 19.3. The van der Waals surface area contributed by atoms with Crippen molar-refractivity contribution >= 4 is 22.6 Å². The smallest absolute Gasteiger partial charge is 0.252 e. The first-order chi connectivity index (χ1) is 13.8. The van der Waals surface area contributed by atoms with Crippen LogP contribution in [-0.4, -0.2) is 41.1 Å². The van der Waals surface area contributed by atoms with Gasteiger partial charge in [0.1, 0.15) is 5.82 Å². The van der Waals surface area contributed by atoms with E-state index >= 15 is 0 Å². The normalized spacial score (nSPS) is 16.6. The minimum absolute atomic E-state index is 0.155. The van der Waals surface area contributed by atoms with Gasteiger partial charge in [0.2, 0.25) is 5.95 Å². The molecule has 0 radical (unpaired) electrons. The monoisotopic (exact) mass is 397 g/mol. The topological polar surface area (TPSA) is 72.9 Å². The third-order valence-electron chi connectivity index (χ3n) is 5.30. The van der Waals surface area contributed by atoms with Crippen LogP contribution in [0.3, 0.4) is 0 Å². The molecular weight excluding hydrogens is 376 g/mol. The van der Waals surface area contributed by atoms with Crippen LogP contribution in [-0.2, 0) is 0 Å². The van der Waals surface area contributed by atoms with E-state index in [0.717, 1.165) is 22.2 Å². The molecule has 1 aliphatic carbocycles. The molecule has 0 unspecified atom stereocenters. The highest BCUT2D eigenvalue weighted by Gasteiger charge is 2.47. The van der Waals surface area contributed by atoms with Crippen LogP contribution in [0.25, 0.3) is 27.8 Å². The first-order valence-corrected chi connectivity index (χ1v) is 9.64. The van der Waals surface area contributed by atoms with E-state index in [4.69, 9.17) is 0 Å². The van der Waals surface area contributed by atoms with E-state index < -0.39 is 5.92 Å². The fourth-order valence-corrected chi connectivity index (χ4v) is 3.98. The van der Waals surface area contributed by atoms with Gasteiger partial charge in [0.25, 0.3) is 5.92 Å². The highest BCUT2D eigenvalue weighted by Crippen LogP contribution is 2.47. The van der Waals surface area contributed by atoms with Crippen LogP contribution >= 0.6 is 0 Å². The first kappa shape index (κ1) is 18.0. The average molecular weight is 397 g/mol. The second kappa shape index (κ2) is 6.20. The molecule has 1 N–H and O–H groups in total. The minimum atomic E-state index is -2.59. The molecule has 9 heteroatoms. The molecule has 0 spiro atoms. The summed E-state index contributed by atoms with van der Waals surface area (Å²) < 4.78 is 30.5. The largest absolute Gasteiger partial charge is 0.351 e. The molecule has 1 fully saturated rings. The molecule has 1 aliphatic rings. The predicted octanol–water partition coefficient (Wildman–Crippen LogP) is 4.24. The number of hydrogen-bond acceptors (Lipinski definition) is 5. The van der Waals surface area contributed by atoms with Crippen molar-refractivity contribution in [1.82, 2.24) is 29.1 Å². The zero-order valence-electron chi connectivity index (χ0n) is 16.4. The summed E-state index contributed by atoms with van der Waals surface area (Å²) in [6.07, 6.45) is 5.09. The number of halogens is 2. The Morgan fingerprint density at radius 3 is 2.69 bits per heavy atom. The molecule has 0 bridgehead atoms. The van der Waals surface area contributed by atoms with E-state index in [1.54, 1.807) is 16.9 Å². The fourth-order valence-electron chi connectivity index (χ4n) is 3.98. The van der Waals surface area contributed by atoms with E-state index in [-0.39, 0.29) is 24.9 Å². The van der Waals surface area contributed by atoms with Crippen LogP contribution < -0.4 is 5.32 Å². The zero-order chi connectivity index (χ0) is 20.3. The maximum Gasteiger partial charge on any atom is 0.252 e. The fraction of sp³-hybridized carbons (Fsp3) is 0.400. The Balaban J connectivity index is 1.57. The van der Waals surface area contributed by atoms with Crippen LogP contribution in [0.15, 0.2) is 30.7 Å². The average Bonchev–Trinajstić information content (AvgIpc) is 3.18. The molecule has 4 aromatic rings. The Bertz CT molecular complexity index is 1220. The third-order valence-corrected chi connectivity index (χ3v) is 5.30. The summed E-state index contributed by atoms with van der Waals surface area (Å²) in [6.45, 7) is 5.89. The Labute approximate surface area is 165 Å². The van der Waals surface area contributed by atoms with E-state index in [1.807, 2.05) is 43.7 Å². The number of fused-ring (bicyclic) bond motifs is 2. The minimum Gasteiger partial charge on any atom is -0.351 e. The van der Waals surface area contributed by atoms with E-state index in [0.29, 0.717) is 17.4 Å².